The molecule has 2 nitrogen and oxygen atoms in total. The highest BCUT2D eigenvalue weighted by Gasteiger charge is 2.37. The zero-order valence-corrected chi connectivity index (χ0v) is 26.4. The van der Waals surface area contributed by atoms with Gasteiger partial charge in [-0.15, -0.1) is 0 Å². The second-order valence-electron chi connectivity index (χ2n) is 13.0. The topological polar surface area (TPSA) is 16.4 Å². The van der Waals surface area contributed by atoms with E-state index in [0.717, 1.165) is 38.8 Å². The number of rotatable bonds is 4. The Labute approximate surface area is 275 Å². The Balaban J connectivity index is 1.24. The maximum Gasteiger partial charge on any atom is 0.143 e. The fourth-order valence-corrected chi connectivity index (χ4v) is 7.40. The third-order valence-corrected chi connectivity index (χ3v) is 9.88. The van der Waals surface area contributed by atoms with Gasteiger partial charge in [0.2, 0.25) is 0 Å². The van der Waals surface area contributed by atoms with Crippen LogP contribution in [0.1, 0.15) is 25.0 Å². The van der Waals surface area contributed by atoms with Gasteiger partial charge in [-0.3, -0.25) is 0 Å². The van der Waals surface area contributed by atoms with Crippen molar-refractivity contribution in [3.63, 3.8) is 0 Å². The summed E-state index contributed by atoms with van der Waals surface area (Å²) in [5.74, 6) is 0. The van der Waals surface area contributed by atoms with Gasteiger partial charge in [0.1, 0.15) is 11.2 Å². The van der Waals surface area contributed by atoms with E-state index in [1.165, 1.54) is 44.8 Å². The number of benzene rings is 7. The van der Waals surface area contributed by atoms with E-state index in [2.05, 4.69) is 176 Å². The standard InChI is InChI=1S/C45H33NO/c1-45(2)39-28-33(31-14-7-4-8-15-31)22-26-41(39)46(35-24-20-32(21-25-35)30-12-5-3-6-13-30)42-27-23-34(29-40(42)45)36-17-11-18-38-37-16-9-10-19-43(37)47-44(36)38/h3-29H,1-2H3. The highest BCUT2D eigenvalue weighted by atomic mass is 16.3. The molecule has 0 spiro atoms. The number of para-hydroxylation sites is 2. The number of furan rings is 1. The Morgan fingerprint density at radius 2 is 0.979 bits per heavy atom. The van der Waals surface area contributed by atoms with Crippen molar-refractivity contribution in [2.75, 3.05) is 4.90 Å². The summed E-state index contributed by atoms with van der Waals surface area (Å²) in [4.78, 5) is 2.44. The summed E-state index contributed by atoms with van der Waals surface area (Å²) < 4.78 is 6.48. The van der Waals surface area contributed by atoms with Crippen molar-refractivity contribution in [3.05, 3.63) is 175 Å². The first-order chi connectivity index (χ1) is 23.1. The first-order valence-corrected chi connectivity index (χ1v) is 16.3. The second kappa shape index (κ2) is 10.6. The molecule has 0 atom stereocenters. The largest absolute Gasteiger partial charge is 0.455 e. The Morgan fingerprint density at radius 3 is 1.68 bits per heavy atom. The molecule has 47 heavy (non-hydrogen) atoms. The van der Waals surface area contributed by atoms with E-state index >= 15 is 0 Å². The predicted octanol–water partition coefficient (Wildman–Crippen LogP) is 12.7. The van der Waals surface area contributed by atoms with E-state index in [9.17, 15) is 0 Å². The molecule has 0 saturated carbocycles. The fraction of sp³-hybridized carbons (Fsp3) is 0.0667. The van der Waals surface area contributed by atoms with Gasteiger partial charge in [0.15, 0.2) is 0 Å². The lowest BCUT2D eigenvalue weighted by molar-refractivity contribution is 0.632. The van der Waals surface area contributed by atoms with E-state index < -0.39 is 0 Å². The van der Waals surface area contributed by atoms with Gasteiger partial charge in [0.05, 0.1) is 11.4 Å². The van der Waals surface area contributed by atoms with E-state index in [0.29, 0.717) is 0 Å². The zero-order chi connectivity index (χ0) is 31.5. The van der Waals surface area contributed by atoms with Crippen molar-refractivity contribution in [1.82, 2.24) is 0 Å². The number of hydrogen-bond donors (Lipinski definition) is 0. The van der Waals surface area contributed by atoms with Gasteiger partial charge in [0.25, 0.3) is 0 Å². The Hall–Kier alpha value is -5.86. The molecule has 1 aromatic heterocycles. The van der Waals surface area contributed by atoms with Crippen LogP contribution in [0.25, 0.3) is 55.3 Å². The first-order valence-electron chi connectivity index (χ1n) is 16.3. The van der Waals surface area contributed by atoms with Crippen molar-refractivity contribution in [2.24, 2.45) is 0 Å². The van der Waals surface area contributed by atoms with Crippen LogP contribution in [-0.2, 0) is 5.41 Å². The van der Waals surface area contributed by atoms with Gasteiger partial charge in [-0.2, -0.15) is 0 Å². The Bertz CT molecular complexity index is 2420. The fourth-order valence-electron chi connectivity index (χ4n) is 7.40. The highest BCUT2D eigenvalue weighted by Crippen LogP contribution is 2.54. The normalized spacial score (nSPS) is 13.4. The minimum absolute atomic E-state index is 0.256. The molecule has 8 aromatic rings. The molecule has 0 radical (unpaired) electrons. The summed E-state index contributed by atoms with van der Waals surface area (Å²) in [6.07, 6.45) is 0. The lowest BCUT2D eigenvalue weighted by Crippen LogP contribution is -2.30. The molecule has 2 heteroatoms. The zero-order valence-electron chi connectivity index (χ0n) is 26.4. The predicted molar refractivity (Wildman–Crippen MR) is 197 cm³/mol. The molecule has 0 unspecified atom stereocenters. The number of fused-ring (bicyclic) bond motifs is 5. The molecular weight excluding hydrogens is 571 g/mol. The minimum atomic E-state index is -0.256. The molecule has 0 aliphatic carbocycles. The molecule has 224 valence electrons. The molecule has 2 heterocycles. The van der Waals surface area contributed by atoms with Crippen LogP contribution in [0.2, 0.25) is 0 Å². The third-order valence-electron chi connectivity index (χ3n) is 9.88. The van der Waals surface area contributed by atoms with Gasteiger partial charge in [0, 0.05) is 27.4 Å². The average molecular weight is 604 g/mol. The quantitative estimate of drug-likeness (QED) is 0.199. The smallest absolute Gasteiger partial charge is 0.143 e. The number of anilines is 3. The molecule has 0 amide bonds. The van der Waals surface area contributed by atoms with Gasteiger partial charge < -0.3 is 9.32 Å². The first kappa shape index (κ1) is 27.5. The van der Waals surface area contributed by atoms with Gasteiger partial charge in [-0.25, -0.2) is 0 Å². The van der Waals surface area contributed by atoms with E-state index in [1.54, 1.807) is 0 Å². The Kier molecular flexibility index (Phi) is 6.20. The molecule has 0 fully saturated rings. The molecule has 0 saturated heterocycles. The van der Waals surface area contributed by atoms with Crippen molar-refractivity contribution in [2.45, 2.75) is 19.3 Å². The summed E-state index contributed by atoms with van der Waals surface area (Å²) >= 11 is 0. The molecular formula is C45H33NO. The van der Waals surface area contributed by atoms with E-state index in [1.807, 2.05) is 6.07 Å². The summed E-state index contributed by atoms with van der Waals surface area (Å²) in [7, 11) is 0. The third kappa shape index (κ3) is 4.40. The average Bonchev–Trinajstić information content (AvgIpc) is 3.52. The highest BCUT2D eigenvalue weighted by molar-refractivity contribution is 6.09. The maximum absolute atomic E-state index is 6.48. The molecule has 0 bridgehead atoms. The molecule has 1 aliphatic heterocycles. The summed E-state index contributed by atoms with van der Waals surface area (Å²) in [6, 6.07) is 58.9. The van der Waals surface area contributed by atoms with Crippen LogP contribution in [-0.4, -0.2) is 0 Å². The summed E-state index contributed by atoms with van der Waals surface area (Å²) in [6.45, 7) is 4.72. The van der Waals surface area contributed by atoms with Crippen molar-refractivity contribution in [3.8, 4) is 33.4 Å². The molecule has 0 N–H and O–H groups in total. The van der Waals surface area contributed by atoms with Gasteiger partial charge >= 0.3 is 0 Å². The number of nitrogens with zero attached hydrogens (tertiary/aromatic N) is 1. The van der Waals surface area contributed by atoms with Crippen LogP contribution < -0.4 is 4.90 Å². The van der Waals surface area contributed by atoms with Crippen molar-refractivity contribution in [1.29, 1.82) is 0 Å². The maximum atomic E-state index is 6.48. The van der Waals surface area contributed by atoms with Gasteiger partial charge in [-0.1, -0.05) is 135 Å². The van der Waals surface area contributed by atoms with Crippen LogP contribution in [0, 0.1) is 0 Å². The van der Waals surface area contributed by atoms with Gasteiger partial charge in [-0.05, 0) is 81.4 Å². The molecule has 7 aromatic carbocycles. The lowest BCUT2D eigenvalue weighted by Gasteiger charge is -2.42. The lowest BCUT2D eigenvalue weighted by atomic mass is 9.72. The van der Waals surface area contributed by atoms with Crippen LogP contribution in [0.3, 0.4) is 0 Å². The van der Waals surface area contributed by atoms with E-state index in [4.69, 9.17) is 4.42 Å². The Morgan fingerprint density at radius 1 is 0.447 bits per heavy atom. The summed E-state index contributed by atoms with van der Waals surface area (Å²) in [5, 5.41) is 2.29. The molecule has 1 aliphatic rings. The van der Waals surface area contributed by atoms with Crippen LogP contribution in [0.5, 0.6) is 0 Å². The minimum Gasteiger partial charge on any atom is -0.455 e. The van der Waals surface area contributed by atoms with Crippen LogP contribution in [0.15, 0.2) is 168 Å². The monoisotopic (exact) mass is 603 g/mol. The van der Waals surface area contributed by atoms with Crippen LogP contribution >= 0.6 is 0 Å². The summed E-state index contributed by atoms with van der Waals surface area (Å²) in [5.41, 5.74) is 14.9. The van der Waals surface area contributed by atoms with E-state index in [-0.39, 0.29) is 5.41 Å². The van der Waals surface area contributed by atoms with Crippen molar-refractivity contribution < 1.29 is 4.42 Å². The SMILES string of the molecule is CC1(C)c2cc(-c3ccccc3)ccc2N(c2ccc(-c3ccccc3)cc2)c2ccc(-c3cccc4c3oc3ccccc34)cc21. The number of hydrogen-bond acceptors (Lipinski definition) is 2. The second-order valence-corrected chi connectivity index (χ2v) is 13.0. The van der Waals surface area contributed by atoms with Crippen LogP contribution in [0.4, 0.5) is 17.1 Å². The molecule has 9 rings (SSSR count). The van der Waals surface area contributed by atoms with Crippen molar-refractivity contribution >= 4 is 39.0 Å².